The molecule has 0 unspecified atom stereocenters. The monoisotopic (exact) mass is 367 g/mol. The highest BCUT2D eigenvalue weighted by molar-refractivity contribution is 5.80. The van der Waals surface area contributed by atoms with Crippen molar-refractivity contribution in [2.75, 3.05) is 34.0 Å². The van der Waals surface area contributed by atoms with Gasteiger partial charge in [0, 0.05) is 37.3 Å². The molecule has 0 N–H and O–H groups in total. The predicted octanol–water partition coefficient (Wildman–Crippen LogP) is 4.44. The molecule has 0 spiro atoms. The number of nitrogens with zero attached hydrogens (tertiary/aromatic N) is 1. The second kappa shape index (κ2) is 9.24. The quantitative estimate of drug-likeness (QED) is 0.552. The normalized spacial score (nSPS) is 11.7. The van der Waals surface area contributed by atoms with Gasteiger partial charge in [-0.05, 0) is 55.8 Å². The van der Waals surface area contributed by atoms with Crippen LogP contribution in [0, 0.1) is 0 Å². The first-order valence-corrected chi connectivity index (χ1v) is 9.09. The maximum Gasteiger partial charge on any atom is 0.137 e. The van der Waals surface area contributed by atoms with Gasteiger partial charge >= 0.3 is 0 Å². The minimum absolute atomic E-state index is 0.618. The Bertz CT molecular complexity index is 945. The Morgan fingerprint density at radius 2 is 1.74 bits per heavy atom. The molecule has 0 saturated carbocycles. The van der Waals surface area contributed by atoms with Crippen LogP contribution in [0.1, 0.15) is 13.3 Å². The topological polar surface area (TPSA) is 53.2 Å². The molecular formula is C22H25NO4. The highest BCUT2D eigenvalue weighted by Gasteiger charge is 2.08. The lowest BCUT2D eigenvalue weighted by atomic mass is 10.1. The van der Waals surface area contributed by atoms with Gasteiger partial charge in [0.25, 0.3) is 0 Å². The summed E-state index contributed by atoms with van der Waals surface area (Å²) in [5.41, 5.74) is 1.75. The Morgan fingerprint density at radius 3 is 2.44 bits per heavy atom. The molecule has 2 aromatic carbocycles. The number of hydrogen-bond donors (Lipinski definition) is 0. The molecule has 142 valence electrons. The van der Waals surface area contributed by atoms with E-state index in [0.29, 0.717) is 19.8 Å². The van der Waals surface area contributed by atoms with E-state index in [1.165, 1.54) is 0 Å². The summed E-state index contributed by atoms with van der Waals surface area (Å²) >= 11 is 0. The summed E-state index contributed by atoms with van der Waals surface area (Å²) < 4.78 is 22.1. The van der Waals surface area contributed by atoms with Crippen LogP contribution in [0.3, 0.4) is 0 Å². The summed E-state index contributed by atoms with van der Waals surface area (Å²) in [7, 11) is 3.36. The van der Waals surface area contributed by atoms with E-state index in [0.717, 1.165) is 45.6 Å². The first kappa shape index (κ1) is 19.0. The average molecular weight is 367 g/mol. The summed E-state index contributed by atoms with van der Waals surface area (Å²) in [5.74, 6) is 2.39. The summed E-state index contributed by atoms with van der Waals surface area (Å²) in [4.78, 5) is 4.77. The lowest BCUT2D eigenvalue weighted by Crippen LogP contribution is -2.06. The smallest absolute Gasteiger partial charge is 0.137 e. The zero-order valence-corrected chi connectivity index (χ0v) is 16.0. The molecule has 27 heavy (non-hydrogen) atoms. The minimum Gasteiger partial charge on any atom is -0.497 e. The molecule has 5 heteroatoms. The van der Waals surface area contributed by atoms with Crippen LogP contribution in [0.5, 0.6) is 11.5 Å². The minimum atomic E-state index is 0.618. The van der Waals surface area contributed by atoms with Crippen molar-refractivity contribution in [2.24, 2.45) is 4.99 Å². The van der Waals surface area contributed by atoms with E-state index >= 15 is 0 Å². The molecule has 0 amide bonds. The van der Waals surface area contributed by atoms with Crippen LogP contribution in [0.2, 0.25) is 0 Å². The van der Waals surface area contributed by atoms with Crippen LogP contribution < -0.4 is 14.8 Å². The molecule has 1 aromatic heterocycles. The molecule has 3 rings (SSSR count). The standard InChI is InChI=1S/C22H25NO4/c1-4-26-18-10-11-21-19(14-18)20(23-12-5-13-24-2)15-22(27-21)16-6-8-17(25-3)9-7-16/h6-11,14-15H,4-5,12-13H2,1-3H3. The van der Waals surface area contributed by atoms with Crippen molar-refractivity contribution >= 4 is 11.0 Å². The first-order valence-electron chi connectivity index (χ1n) is 9.09. The average Bonchev–Trinajstić information content (AvgIpc) is 2.71. The number of benzene rings is 2. The Hall–Kier alpha value is -2.79. The van der Waals surface area contributed by atoms with E-state index in [4.69, 9.17) is 23.6 Å². The van der Waals surface area contributed by atoms with Crippen molar-refractivity contribution < 1.29 is 18.6 Å². The summed E-state index contributed by atoms with van der Waals surface area (Å²) in [6.45, 7) is 3.96. The van der Waals surface area contributed by atoms with E-state index in [2.05, 4.69) is 0 Å². The summed E-state index contributed by atoms with van der Waals surface area (Å²) in [6.07, 6.45) is 0.868. The lowest BCUT2D eigenvalue weighted by molar-refractivity contribution is 0.196. The molecule has 0 aliphatic heterocycles. The van der Waals surface area contributed by atoms with E-state index in [1.807, 2.05) is 55.5 Å². The first-order chi connectivity index (χ1) is 13.2. The van der Waals surface area contributed by atoms with Gasteiger partial charge in [0.05, 0.1) is 19.1 Å². The molecule has 5 nitrogen and oxygen atoms in total. The third-order valence-corrected chi connectivity index (χ3v) is 4.19. The van der Waals surface area contributed by atoms with E-state index in [-0.39, 0.29) is 0 Å². The lowest BCUT2D eigenvalue weighted by Gasteiger charge is -2.08. The molecule has 3 aromatic rings. The fourth-order valence-corrected chi connectivity index (χ4v) is 2.84. The number of fused-ring (bicyclic) bond motifs is 1. The highest BCUT2D eigenvalue weighted by atomic mass is 16.5. The Labute approximate surface area is 159 Å². The predicted molar refractivity (Wildman–Crippen MR) is 106 cm³/mol. The van der Waals surface area contributed by atoms with Gasteiger partial charge in [-0.25, -0.2) is 0 Å². The van der Waals surface area contributed by atoms with E-state index in [1.54, 1.807) is 14.2 Å². The van der Waals surface area contributed by atoms with Gasteiger partial charge in [-0.2, -0.15) is 0 Å². The molecule has 0 saturated heterocycles. The van der Waals surface area contributed by atoms with Gasteiger partial charge in [-0.3, -0.25) is 4.99 Å². The largest absolute Gasteiger partial charge is 0.497 e. The summed E-state index contributed by atoms with van der Waals surface area (Å²) in [5, 5.41) is 1.83. The number of rotatable bonds is 8. The molecule has 0 aliphatic carbocycles. The number of ether oxygens (including phenoxy) is 3. The Balaban J connectivity index is 2.08. The van der Waals surface area contributed by atoms with Crippen molar-refractivity contribution in [3.8, 4) is 22.8 Å². The Morgan fingerprint density at radius 1 is 0.963 bits per heavy atom. The van der Waals surface area contributed by atoms with Crippen molar-refractivity contribution in [3.63, 3.8) is 0 Å². The fraction of sp³-hybridized carbons (Fsp3) is 0.318. The van der Waals surface area contributed by atoms with Gasteiger partial charge in [-0.1, -0.05) is 0 Å². The second-order valence-corrected chi connectivity index (χ2v) is 6.04. The fourth-order valence-electron chi connectivity index (χ4n) is 2.84. The zero-order valence-electron chi connectivity index (χ0n) is 16.0. The molecule has 0 radical (unpaired) electrons. The molecule has 0 atom stereocenters. The van der Waals surface area contributed by atoms with Gasteiger partial charge in [0.15, 0.2) is 0 Å². The molecule has 0 aliphatic rings. The molecule has 0 fully saturated rings. The van der Waals surface area contributed by atoms with E-state index in [9.17, 15) is 0 Å². The zero-order chi connectivity index (χ0) is 19.1. The van der Waals surface area contributed by atoms with Crippen LogP contribution in [0.4, 0.5) is 0 Å². The Kier molecular flexibility index (Phi) is 6.49. The van der Waals surface area contributed by atoms with Crippen molar-refractivity contribution in [3.05, 3.63) is 53.9 Å². The maximum atomic E-state index is 6.14. The van der Waals surface area contributed by atoms with Crippen molar-refractivity contribution in [1.82, 2.24) is 0 Å². The van der Waals surface area contributed by atoms with E-state index < -0.39 is 0 Å². The second-order valence-electron chi connectivity index (χ2n) is 6.04. The van der Waals surface area contributed by atoms with Crippen LogP contribution in [-0.4, -0.2) is 34.0 Å². The van der Waals surface area contributed by atoms with Gasteiger partial charge in [0.2, 0.25) is 0 Å². The molecule has 0 bridgehead atoms. The molecular weight excluding hydrogens is 342 g/mol. The van der Waals surface area contributed by atoms with Gasteiger partial charge in [-0.15, -0.1) is 0 Å². The third-order valence-electron chi connectivity index (χ3n) is 4.19. The van der Waals surface area contributed by atoms with Crippen LogP contribution in [0.25, 0.3) is 22.3 Å². The molecule has 1 heterocycles. The maximum absolute atomic E-state index is 6.14. The number of methoxy groups -OCH3 is 2. The van der Waals surface area contributed by atoms with Crippen molar-refractivity contribution in [1.29, 1.82) is 0 Å². The highest BCUT2D eigenvalue weighted by Crippen LogP contribution is 2.26. The summed E-state index contributed by atoms with van der Waals surface area (Å²) in [6, 6.07) is 15.6. The van der Waals surface area contributed by atoms with Gasteiger partial charge < -0.3 is 18.6 Å². The van der Waals surface area contributed by atoms with Crippen LogP contribution >= 0.6 is 0 Å². The number of hydrogen-bond acceptors (Lipinski definition) is 5. The SMILES string of the molecule is CCOc1ccc2oc(-c3ccc(OC)cc3)cc(=NCCCOC)c2c1. The van der Waals surface area contributed by atoms with Crippen LogP contribution in [0.15, 0.2) is 57.9 Å². The van der Waals surface area contributed by atoms with Crippen molar-refractivity contribution in [2.45, 2.75) is 13.3 Å². The third kappa shape index (κ3) is 4.68. The van der Waals surface area contributed by atoms with Gasteiger partial charge in [0.1, 0.15) is 22.8 Å². The van der Waals surface area contributed by atoms with Crippen LogP contribution in [-0.2, 0) is 4.74 Å².